The van der Waals surface area contributed by atoms with E-state index in [1.165, 1.54) is 19.3 Å². The molecule has 0 aromatic heterocycles. The Morgan fingerprint density at radius 3 is 2.55 bits per heavy atom. The fourth-order valence-electron chi connectivity index (χ4n) is 1.30. The largest absolute Gasteiger partial charge is 0.360 e. The Hall–Kier alpha value is -0.310. The van der Waals surface area contributed by atoms with Crippen LogP contribution in [0.4, 0.5) is 0 Å². The van der Waals surface area contributed by atoms with Crippen molar-refractivity contribution in [3.8, 4) is 0 Å². The first kappa shape index (κ1) is 7.35. The second-order valence-electron chi connectivity index (χ2n) is 3.55. The lowest BCUT2D eigenvalue weighted by Gasteiger charge is -2.40. The molecule has 1 saturated heterocycles. The highest BCUT2D eigenvalue weighted by molar-refractivity contribution is 7.80. The molecular formula is C8H14N2S. The van der Waals surface area contributed by atoms with Crippen LogP contribution in [0.15, 0.2) is 0 Å². The highest BCUT2D eigenvalue weighted by Gasteiger charge is 2.29. The van der Waals surface area contributed by atoms with Crippen LogP contribution < -0.4 is 5.32 Å². The van der Waals surface area contributed by atoms with Crippen LogP contribution in [0.1, 0.15) is 26.2 Å². The summed E-state index contributed by atoms with van der Waals surface area (Å²) < 4.78 is 0. The second kappa shape index (κ2) is 2.63. The van der Waals surface area contributed by atoms with E-state index in [1.54, 1.807) is 0 Å². The van der Waals surface area contributed by atoms with Gasteiger partial charge in [-0.05, 0) is 38.4 Å². The van der Waals surface area contributed by atoms with Crippen LogP contribution in [-0.2, 0) is 0 Å². The zero-order chi connectivity index (χ0) is 7.84. The summed E-state index contributed by atoms with van der Waals surface area (Å²) in [7, 11) is 0. The highest BCUT2D eigenvalue weighted by atomic mass is 32.1. The Labute approximate surface area is 73.0 Å². The molecule has 0 aromatic carbocycles. The summed E-state index contributed by atoms with van der Waals surface area (Å²) >= 11 is 5.24. The van der Waals surface area contributed by atoms with E-state index >= 15 is 0 Å². The van der Waals surface area contributed by atoms with E-state index in [4.69, 9.17) is 12.2 Å². The summed E-state index contributed by atoms with van der Waals surface area (Å²) in [5, 5.41) is 4.32. The number of rotatable bonds is 1. The van der Waals surface area contributed by atoms with Gasteiger partial charge in [-0.1, -0.05) is 0 Å². The summed E-state index contributed by atoms with van der Waals surface area (Å²) in [5.41, 5.74) is 0. The van der Waals surface area contributed by atoms with Gasteiger partial charge in [-0.15, -0.1) is 0 Å². The molecule has 1 N–H and O–H groups in total. The maximum atomic E-state index is 5.24. The number of hydrogen-bond acceptors (Lipinski definition) is 1. The quantitative estimate of drug-likeness (QED) is 0.594. The Kier molecular flexibility index (Phi) is 1.75. The third-order valence-corrected chi connectivity index (χ3v) is 2.84. The van der Waals surface area contributed by atoms with Crippen LogP contribution in [-0.4, -0.2) is 28.6 Å². The maximum Gasteiger partial charge on any atom is 0.169 e. The van der Waals surface area contributed by atoms with Crippen LogP contribution in [0.25, 0.3) is 0 Å². The van der Waals surface area contributed by atoms with E-state index in [0.29, 0.717) is 12.1 Å². The van der Waals surface area contributed by atoms with Crippen molar-refractivity contribution in [2.45, 2.75) is 38.3 Å². The van der Waals surface area contributed by atoms with Gasteiger partial charge in [0.25, 0.3) is 0 Å². The van der Waals surface area contributed by atoms with Gasteiger partial charge in [0.1, 0.15) is 0 Å². The van der Waals surface area contributed by atoms with Crippen LogP contribution in [0.5, 0.6) is 0 Å². The molecule has 1 unspecified atom stereocenters. The van der Waals surface area contributed by atoms with Crippen molar-refractivity contribution in [2.75, 3.05) is 6.54 Å². The lowest BCUT2D eigenvalue weighted by molar-refractivity contribution is 0.200. The van der Waals surface area contributed by atoms with Crippen molar-refractivity contribution < 1.29 is 0 Å². The Morgan fingerprint density at radius 1 is 1.45 bits per heavy atom. The zero-order valence-corrected chi connectivity index (χ0v) is 7.66. The normalized spacial score (nSPS) is 29.5. The summed E-state index contributed by atoms with van der Waals surface area (Å²) in [4.78, 5) is 2.27. The number of thiocarbonyl (C=S) groups is 1. The molecule has 2 nitrogen and oxygen atoms in total. The third-order valence-electron chi connectivity index (χ3n) is 2.49. The molecule has 1 heterocycles. The molecule has 1 aliphatic heterocycles. The van der Waals surface area contributed by atoms with Crippen molar-refractivity contribution in [3.05, 3.63) is 0 Å². The lowest BCUT2D eigenvalue weighted by Crippen LogP contribution is -2.53. The van der Waals surface area contributed by atoms with Crippen molar-refractivity contribution in [3.63, 3.8) is 0 Å². The molecule has 0 radical (unpaired) electrons. The van der Waals surface area contributed by atoms with Crippen LogP contribution in [0.2, 0.25) is 0 Å². The summed E-state index contributed by atoms with van der Waals surface area (Å²) in [6.45, 7) is 3.38. The van der Waals surface area contributed by atoms with Crippen molar-refractivity contribution >= 4 is 17.3 Å². The monoisotopic (exact) mass is 170 g/mol. The second-order valence-corrected chi connectivity index (χ2v) is 3.94. The average molecular weight is 170 g/mol. The molecule has 62 valence electrons. The molecule has 0 spiro atoms. The van der Waals surface area contributed by atoms with Crippen molar-refractivity contribution in [1.82, 2.24) is 10.2 Å². The van der Waals surface area contributed by atoms with E-state index in [-0.39, 0.29) is 0 Å². The van der Waals surface area contributed by atoms with Gasteiger partial charge in [0.15, 0.2) is 5.11 Å². The number of nitrogens with zero attached hydrogens (tertiary/aromatic N) is 1. The van der Waals surface area contributed by atoms with Gasteiger partial charge in [-0.25, -0.2) is 0 Å². The van der Waals surface area contributed by atoms with Gasteiger partial charge < -0.3 is 10.2 Å². The Balaban J connectivity index is 1.78. The first-order valence-electron chi connectivity index (χ1n) is 4.34. The molecule has 0 aromatic rings. The topological polar surface area (TPSA) is 15.3 Å². The minimum atomic E-state index is 0.675. The predicted molar refractivity (Wildman–Crippen MR) is 49.5 cm³/mol. The van der Waals surface area contributed by atoms with Gasteiger partial charge >= 0.3 is 0 Å². The van der Waals surface area contributed by atoms with Gasteiger partial charge in [-0.3, -0.25) is 0 Å². The van der Waals surface area contributed by atoms with Gasteiger partial charge in [0, 0.05) is 18.6 Å². The molecule has 1 atom stereocenters. The first-order chi connectivity index (χ1) is 5.27. The fourth-order valence-corrected chi connectivity index (χ4v) is 1.74. The fraction of sp³-hybridized carbons (Fsp3) is 0.875. The van der Waals surface area contributed by atoms with Crippen molar-refractivity contribution in [1.29, 1.82) is 0 Å². The Bertz CT molecular complexity index is 177. The molecule has 2 aliphatic rings. The lowest BCUT2D eigenvalue weighted by atomic mass is 10.1. The number of likely N-dealkylation sites (tertiary alicyclic amines) is 1. The summed E-state index contributed by atoms with van der Waals surface area (Å²) in [6, 6.07) is 1.38. The maximum absolute atomic E-state index is 5.24. The summed E-state index contributed by atoms with van der Waals surface area (Å²) in [6.07, 6.45) is 3.91. The standard InChI is InChI=1S/C8H14N2S/c1-6-4-5-10(6)8(11)9-7-2-3-7/h6-7H,2-5H2,1H3,(H,9,11). The molecule has 0 amide bonds. The van der Waals surface area contributed by atoms with Crippen molar-refractivity contribution in [2.24, 2.45) is 0 Å². The van der Waals surface area contributed by atoms with E-state index in [2.05, 4.69) is 17.1 Å². The van der Waals surface area contributed by atoms with E-state index < -0.39 is 0 Å². The van der Waals surface area contributed by atoms with Gasteiger partial charge in [-0.2, -0.15) is 0 Å². The molecule has 2 rings (SSSR count). The van der Waals surface area contributed by atoms with Gasteiger partial charge in [0.2, 0.25) is 0 Å². The van der Waals surface area contributed by atoms with Crippen LogP contribution in [0, 0.1) is 0 Å². The average Bonchev–Trinajstić information content (AvgIpc) is 2.68. The van der Waals surface area contributed by atoms with Crippen LogP contribution in [0.3, 0.4) is 0 Å². The molecule has 1 saturated carbocycles. The van der Waals surface area contributed by atoms with E-state index in [9.17, 15) is 0 Å². The minimum absolute atomic E-state index is 0.675. The molecule has 3 heteroatoms. The Morgan fingerprint density at radius 2 is 2.18 bits per heavy atom. The van der Waals surface area contributed by atoms with E-state index in [0.717, 1.165) is 11.7 Å². The van der Waals surface area contributed by atoms with E-state index in [1.807, 2.05) is 0 Å². The first-order valence-corrected chi connectivity index (χ1v) is 4.75. The number of nitrogens with one attached hydrogen (secondary N) is 1. The molecule has 2 fully saturated rings. The number of hydrogen-bond donors (Lipinski definition) is 1. The highest BCUT2D eigenvalue weighted by Crippen LogP contribution is 2.21. The molecule has 1 aliphatic carbocycles. The SMILES string of the molecule is CC1CCN1C(=S)NC1CC1. The molecule has 0 bridgehead atoms. The molecule has 11 heavy (non-hydrogen) atoms. The molecular weight excluding hydrogens is 156 g/mol. The predicted octanol–water partition coefficient (Wildman–Crippen LogP) is 1.12. The zero-order valence-electron chi connectivity index (χ0n) is 6.84. The third kappa shape index (κ3) is 1.48. The summed E-state index contributed by atoms with van der Waals surface area (Å²) in [5.74, 6) is 0. The van der Waals surface area contributed by atoms with Gasteiger partial charge in [0.05, 0.1) is 0 Å². The smallest absolute Gasteiger partial charge is 0.169 e. The van der Waals surface area contributed by atoms with Crippen LogP contribution >= 0.6 is 12.2 Å². The minimum Gasteiger partial charge on any atom is -0.360 e.